The molecule has 0 aliphatic heterocycles. The van der Waals surface area contributed by atoms with Gasteiger partial charge >= 0.3 is 18.3 Å². The molecule has 25 heavy (non-hydrogen) atoms. The molecule has 0 aliphatic carbocycles. The monoisotopic (exact) mass is 362 g/mol. The molecule has 0 spiro atoms. The third-order valence-corrected chi connectivity index (χ3v) is 3.22. The van der Waals surface area contributed by atoms with Crippen LogP contribution < -0.4 is 4.74 Å². The average Bonchev–Trinajstić information content (AvgIpc) is 2.48. The fraction of sp³-hybridized carbons (Fsp3) is 0.529. The van der Waals surface area contributed by atoms with Gasteiger partial charge < -0.3 is 14.2 Å². The number of benzene rings is 1. The Hall–Kier alpha value is -2.25. The Morgan fingerprint density at radius 3 is 2.20 bits per heavy atom. The number of hydrogen-bond donors (Lipinski definition) is 0. The molecule has 140 valence electrons. The lowest BCUT2D eigenvalue weighted by atomic mass is 10.0. The molecule has 0 radical (unpaired) electrons. The van der Waals surface area contributed by atoms with Gasteiger partial charge in [0.15, 0.2) is 0 Å². The van der Waals surface area contributed by atoms with Gasteiger partial charge in [0.25, 0.3) is 0 Å². The first-order valence-electron chi connectivity index (χ1n) is 7.81. The van der Waals surface area contributed by atoms with Crippen molar-refractivity contribution < 1.29 is 37.0 Å². The average molecular weight is 362 g/mol. The summed E-state index contributed by atoms with van der Waals surface area (Å²) in [5.41, 5.74) is 0.798. The van der Waals surface area contributed by atoms with Crippen LogP contribution in [0.15, 0.2) is 24.3 Å². The Balaban J connectivity index is 2.48. The fourth-order valence-corrected chi connectivity index (χ4v) is 2.21. The van der Waals surface area contributed by atoms with Gasteiger partial charge in [-0.1, -0.05) is 12.1 Å². The van der Waals surface area contributed by atoms with Crippen molar-refractivity contribution in [1.82, 2.24) is 0 Å². The van der Waals surface area contributed by atoms with E-state index in [1.807, 2.05) is 0 Å². The molecule has 0 bridgehead atoms. The first-order chi connectivity index (χ1) is 11.7. The van der Waals surface area contributed by atoms with E-state index in [0.717, 1.165) is 5.56 Å². The molecular weight excluding hydrogens is 341 g/mol. The van der Waals surface area contributed by atoms with Gasteiger partial charge in [0.1, 0.15) is 11.9 Å². The maximum atomic E-state index is 12.1. The Morgan fingerprint density at radius 2 is 1.68 bits per heavy atom. The van der Waals surface area contributed by atoms with E-state index in [1.165, 1.54) is 38.1 Å². The highest BCUT2D eigenvalue weighted by atomic mass is 19.4. The Bertz CT molecular complexity index is 554. The molecule has 0 aliphatic rings. The Morgan fingerprint density at radius 1 is 1.04 bits per heavy atom. The van der Waals surface area contributed by atoms with E-state index < -0.39 is 12.3 Å². The van der Waals surface area contributed by atoms with E-state index in [1.54, 1.807) is 0 Å². The third-order valence-electron chi connectivity index (χ3n) is 3.22. The molecule has 0 amide bonds. The summed E-state index contributed by atoms with van der Waals surface area (Å²) in [6, 6.07) is 5.55. The van der Waals surface area contributed by atoms with Gasteiger partial charge in [0.05, 0.1) is 6.61 Å². The lowest BCUT2D eigenvalue weighted by molar-refractivity contribution is -0.274. The summed E-state index contributed by atoms with van der Waals surface area (Å²) in [4.78, 5) is 21.9. The smallest absolute Gasteiger partial charge is 0.466 e. The number of esters is 2. The first-order valence-corrected chi connectivity index (χ1v) is 7.81. The number of hydrogen-bond acceptors (Lipinski definition) is 5. The quantitative estimate of drug-likeness (QED) is 0.494. The van der Waals surface area contributed by atoms with Crippen molar-refractivity contribution in [3.63, 3.8) is 0 Å². The minimum Gasteiger partial charge on any atom is -0.466 e. The standard InChI is InChI=1S/C17H21F3O5/c1-12(21)23-11-3-4-15(24-13(2)22)8-5-14-6-9-16(10-7-14)25-17(18,19)20/h6-7,9-10,15H,3-5,8,11H2,1-2H3/t15-/m1/s1. The van der Waals surface area contributed by atoms with Gasteiger partial charge in [-0.25, -0.2) is 0 Å². The third kappa shape index (κ3) is 10.3. The number of carbonyl (C=O) groups is 2. The molecule has 0 saturated carbocycles. The highest BCUT2D eigenvalue weighted by Crippen LogP contribution is 2.23. The van der Waals surface area contributed by atoms with Gasteiger partial charge in [0.2, 0.25) is 0 Å². The number of alkyl halides is 3. The van der Waals surface area contributed by atoms with Crippen LogP contribution in [0.5, 0.6) is 5.75 Å². The molecule has 8 heteroatoms. The number of carbonyl (C=O) groups excluding carboxylic acids is 2. The van der Waals surface area contributed by atoms with E-state index in [-0.39, 0.29) is 24.4 Å². The van der Waals surface area contributed by atoms with Gasteiger partial charge in [-0.2, -0.15) is 0 Å². The summed E-state index contributed by atoms with van der Waals surface area (Å²) in [5.74, 6) is -1.06. The van der Waals surface area contributed by atoms with Crippen molar-refractivity contribution in [2.24, 2.45) is 0 Å². The number of aryl methyl sites for hydroxylation is 1. The highest BCUT2D eigenvalue weighted by Gasteiger charge is 2.30. The second-order valence-electron chi connectivity index (χ2n) is 5.44. The Kier molecular flexibility index (Phi) is 8.24. The molecule has 0 unspecified atom stereocenters. The van der Waals surface area contributed by atoms with Crippen molar-refractivity contribution in [3.05, 3.63) is 29.8 Å². The number of ether oxygens (including phenoxy) is 3. The van der Waals surface area contributed by atoms with Gasteiger partial charge in [0, 0.05) is 13.8 Å². The molecule has 0 heterocycles. The second kappa shape index (κ2) is 9.90. The zero-order chi connectivity index (χ0) is 18.9. The zero-order valence-corrected chi connectivity index (χ0v) is 14.1. The Labute approximate surface area is 144 Å². The predicted octanol–water partition coefficient (Wildman–Crippen LogP) is 3.79. The minimum atomic E-state index is -4.72. The molecule has 1 aromatic rings. The lowest BCUT2D eigenvalue weighted by Crippen LogP contribution is -2.18. The minimum absolute atomic E-state index is 0.247. The predicted molar refractivity (Wildman–Crippen MR) is 82.9 cm³/mol. The molecule has 0 N–H and O–H groups in total. The van der Waals surface area contributed by atoms with Crippen molar-refractivity contribution >= 4 is 11.9 Å². The van der Waals surface area contributed by atoms with Crippen LogP contribution in [-0.4, -0.2) is 31.0 Å². The summed E-state index contributed by atoms with van der Waals surface area (Å²) in [6.45, 7) is 2.87. The molecule has 5 nitrogen and oxygen atoms in total. The second-order valence-corrected chi connectivity index (χ2v) is 5.44. The van der Waals surface area contributed by atoms with Crippen molar-refractivity contribution in [2.45, 2.75) is 52.0 Å². The van der Waals surface area contributed by atoms with Gasteiger partial charge in [-0.05, 0) is 43.4 Å². The normalized spacial score (nSPS) is 12.4. The molecule has 1 atom stereocenters. The molecular formula is C17H21F3O5. The molecule has 1 aromatic carbocycles. The van der Waals surface area contributed by atoms with Crippen LogP contribution in [0.3, 0.4) is 0 Å². The van der Waals surface area contributed by atoms with E-state index >= 15 is 0 Å². The summed E-state index contributed by atoms with van der Waals surface area (Å²) in [7, 11) is 0. The summed E-state index contributed by atoms with van der Waals surface area (Å²) in [5, 5.41) is 0. The van der Waals surface area contributed by atoms with E-state index in [0.29, 0.717) is 25.7 Å². The van der Waals surface area contributed by atoms with Crippen molar-refractivity contribution in [3.8, 4) is 5.75 Å². The van der Waals surface area contributed by atoms with E-state index in [4.69, 9.17) is 9.47 Å². The van der Waals surface area contributed by atoms with Crippen LogP contribution in [0.25, 0.3) is 0 Å². The molecule has 0 aromatic heterocycles. The van der Waals surface area contributed by atoms with Crippen LogP contribution in [0.4, 0.5) is 13.2 Å². The topological polar surface area (TPSA) is 61.8 Å². The van der Waals surface area contributed by atoms with Crippen LogP contribution in [-0.2, 0) is 25.5 Å². The van der Waals surface area contributed by atoms with Crippen LogP contribution >= 0.6 is 0 Å². The molecule has 0 saturated heterocycles. The van der Waals surface area contributed by atoms with E-state index in [9.17, 15) is 22.8 Å². The van der Waals surface area contributed by atoms with Gasteiger partial charge in [-0.15, -0.1) is 13.2 Å². The number of halogens is 3. The SMILES string of the molecule is CC(=O)OCCC[C@H](CCc1ccc(OC(F)(F)F)cc1)OC(C)=O. The van der Waals surface area contributed by atoms with Crippen LogP contribution in [0, 0.1) is 0 Å². The first kappa shape index (κ1) is 20.8. The fourth-order valence-electron chi connectivity index (χ4n) is 2.21. The highest BCUT2D eigenvalue weighted by molar-refractivity contribution is 5.66. The largest absolute Gasteiger partial charge is 0.573 e. The molecule has 0 fully saturated rings. The maximum Gasteiger partial charge on any atom is 0.573 e. The van der Waals surface area contributed by atoms with E-state index in [2.05, 4.69) is 4.74 Å². The summed E-state index contributed by atoms with van der Waals surface area (Å²) < 4.78 is 50.2. The summed E-state index contributed by atoms with van der Waals surface area (Å²) >= 11 is 0. The van der Waals surface area contributed by atoms with Crippen LogP contribution in [0.1, 0.15) is 38.7 Å². The lowest BCUT2D eigenvalue weighted by Gasteiger charge is -2.17. The zero-order valence-electron chi connectivity index (χ0n) is 14.1. The number of rotatable bonds is 9. The molecule has 1 rings (SSSR count). The van der Waals surface area contributed by atoms with Gasteiger partial charge in [-0.3, -0.25) is 9.59 Å². The maximum absolute atomic E-state index is 12.1. The van der Waals surface area contributed by atoms with Crippen LogP contribution in [0.2, 0.25) is 0 Å². The van der Waals surface area contributed by atoms with Crippen molar-refractivity contribution in [2.75, 3.05) is 6.61 Å². The van der Waals surface area contributed by atoms with Crippen molar-refractivity contribution in [1.29, 1.82) is 0 Å². The summed E-state index contributed by atoms with van der Waals surface area (Å²) in [6.07, 6.45) is -2.95.